The fraction of sp³-hybridized carbons (Fsp3) is 0.857. The van der Waals surface area contributed by atoms with E-state index in [-0.39, 0.29) is 6.03 Å². The predicted octanol–water partition coefficient (Wildman–Crippen LogP) is 1.03. The zero-order valence-electron chi connectivity index (χ0n) is 6.64. The lowest BCUT2D eigenvalue weighted by Crippen LogP contribution is -2.39. The molecule has 4 heteroatoms. The molecule has 0 aliphatic heterocycles. The summed E-state index contributed by atoms with van der Waals surface area (Å²) in [5.41, 5.74) is 0. The molecule has 0 aromatic rings. The third-order valence-electron chi connectivity index (χ3n) is 1.79. The van der Waals surface area contributed by atoms with E-state index in [0.717, 1.165) is 12.8 Å². The molecule has 0 saturated heterocycles. The van der Waals surface area contributed by atoms with Gasteiger partial charge in [0.2, 0.25) is 0 Å². The molecule has 0 unspecified atom stereocenters. The molecule has 1 saturated carbocycles. The van der Waals surface area contributed by atoms with Gasteiger partial charge in [-0.1, -0.05) is 0 Å². The maximum Gasteiger partial charge on any atom is 0.317 e. The molecule has 11 heavy (non-hydrogen) atoms. The van der Waals surface area contributed by atoms with Gasteiger partial charge < -0.3 is 10.2 Å². The van der Waals surface area contributed by atoms with E-state index in [2.05, 4.69) is 5.32 Å². The molecular formula is C7H13ClN2O. The topological polar surface area (TPSA) is 32.3 Å². The van der Waals surface area contributed by atoms with Crippen molar-refractivity contribution < 1.29 is 4.79 Å². The van der Waals surface area contributed by atoms with Crippen molar-refractivity contribution in [1.29, 1.82) is 0 Å². The largest absolute Gasteiger partial charge is 0.337 e. The standard InChI is InChI=1S/C7H13ClN2O/c1-10(6-2-3-6)7(11)9-5-4-8/h6H,2-5H2,1H3,(H,9,11). The first-order chi connectivity index (χ1) is 5.25. The van der Waals surface area contributed by atoms with Gasteiger partial charge in [0.1, 0.15) is 0 Å². The van der Waals surface area contributed by atoms with Gasteiger partial charge in [0.05, 0.1) is 0 Å². The van der Waals surface area contributed by atoms with Crippen LogP contribution in [0.5, 0.6) is 0 Å². The van der Waals surface area contributed by atoms with Crippen LogP contribution in [0.3, 0.4) is 0 Å². The van der Waals surface area contributed by atoms with Crippen LogP contribution in [-0.4, -0.2) is 36.4 Å². The van der Waals surface area contributed by atoms with Crippen molar-refractivity contribution in [2.45, 2.75) is 18.9 Å². The average molecular weight is 177 g/mol. The van der Waals surface area contributed by atoms with Crippen molar-refractivity contribution in [1.82, 2.24) is 10.2 Å². The van der Waals surface area contributed by atoms with E-state index >= 15 is 0 Å². The summed E-state index contributed by atoms with van der Waals surface area (Å²) in [5.74, 6) is 0.476. The highest BCUT2D eigenvalue weighted by Crippen LogP contribution is 2.24. The highest BCUT2D eigenvalue weighted by Gasteiger charge is 2.29. The Hall–Kier alpha value is -0.440. The number of carbonyl (C=O) groups is 1. The molecule has 1 N–H and O–H groups in total. The Bertz CT molecular complexity index is 147. The minimum absolute atomic E-state index is 0.00634. The molecule has 1 fully saturated rings. The van der Waals surface area contributed by atoms with E-state index in [1.54, 1.807) is 4.90 Å². The summed E-state index contributed by atoms with van der Waals surface area (Å²) in [6.45, 7) is 0.553. The van der Waals surface area contributed by atoms with E-state index < -0.39 is 0 Å². The first kappa shape index (κ1) is 8.65. The van der Waals surface area contributed by atoms with Gasteiger partial charge in [0.25, 0.3) is 0 Å². The molecule has 0 bridgehead atoms. The van der Waals surface area contributed by atoms with Gasteiger partial charge in [0.15, 0.2) is 0 Å². The number of alkyl halides is 1. The summed E-state index contributed by atoms with van der Waals surface area (Å²) in [6, 6.07) is 0.471. The first-order valence-corrected chi connectivity index (χ1v) is 4.35. The molecule has 1 rings (SSSR count). The molecule has 3 nitrogen and oxygen atoms in total. The number of hydrogen-bond acceptors (Lipinski definition) is 1. The van der Waals surface area contributed by atoms with Crippen LogP contribution in [-0.2, 0) is 0 Å². The Balaban J connectivity index is 2.16. The van der Waals surface area contributed by atoms with Gasteiger partial charge in [-0.15, -0.1) is 11.6 Å². The van der Waals surface area contributed by atoms with Crippen molar-refractivity contribution in [2.24, 2.45) is 0 Å². The number of hydrogen-bond donors (Lipinski definition) is 1. The second kappa shape index (κ2) is 3.81. The highest BCUT2D eigenvalue weighted by molar-refractivity contribution is 6.18. The molecule has 0 aromatic carbocycles. The summed E-state index contributed by atoms with van der Waals surface area (Å²) in [5, 5.41) is 2.71. The number of nitrogens with zero attached hydrogens (tertiary/aromatic N) is 1. The van der Waals surface area contributed by atoms with E-state index in [9.17, 15) is 4.79 Å². The van der Waals surface area contributed by atoms with Crippen LogP contribution >= 0.6 is 11.6 Å². The molecule has 0 spiro atoms. The normalized spacial score (nSPS) is 16.2. The van der Waals surface area contributed by atoms with E-state index in [1.165, 1.54) is 0 Å². The van der Waals surface area contributed by atoms with Crippen LogP contribution in [0, 0.1) is 0 Å². The Morgan fingerprint density at radius 3 is 2.82 bits per heavy atom. The van der Waals surface area contributed by atoms with Crippen LogP contribution in [0.2, 0.25) is 0 Å². The molecule has 0 heterocycles. The van der Waals surface area contributed by atoms with Crippen LogP contribution in [0.4, 0.5) is 4.79 Å². The van der Waals surface area contributed by atoms with Crippen molar-refractivity contribution >= 4 is 17.6 Å². The summed E-state index contributed by atoms with van der Waals surface area (Å²) >= 11 is 5.41. The quantitative estimate of drug-likeness (QED) is 0.641. The average Bonchev–Trinajstić information content (AvgIpc) is 2.81. The lowest BCUT2D eigenvalue weighted by atomic mass is 10.6. The Morgan fingerprint density at radius 2 is 2.36 bits per heavy atom. The minimum atomic E-state index is -0.00634. The third kappa shape index (κ3) is 2.58. The van der Waals surface area contributed by atoms with Crippen molar-refractivity contribution in [3.05, 3.63) is 0 Å². The maximum atomic E-state index is 11.1. The predicted molar refractivity (Wildman–Crippen MR) is 44.9 cm³/mol. The van der Waals surface area contributed by atoms with Crippen molar-refractivity contribution in [3.8, 4) is 0 Å². The van der Waals surface area contributed by atoms with Gasteiger partial charge in [-0.2, -0.15) is 0 Å². The SMILES string of the molecule is CN(C(=O)NCCCl)C1CC1. The highest BCUT2D eigenvalue weighted by atomic mass is 35.5. The Labute approximate surface area is 71.7 Å². The van der Waals surface area contributed by atoms with E-state index in [4.69, 9.17) is 11.6 Å². The molecule has 2 amide bonds. The lowest BCUT2D eigenvalue weighted by Gasteiger charge is -2.16. The number of carbonyl (C=O) groups excluding carboxylic acids is 1. The van der Waals surface area contributed by atoms with Gasteiger partial charge in [-0.05, 0) is 12.8 Å². The molecule has 1 aliphatic rings. The smallest absolute Gasteiger partial charge is 0.317 e. The minimum Gasteiger partial charge on any atom is -0.337 e. The molecule has 0 radical (unpaired) electrons. The summed E-state index contributed by atoms with van der Waals surface area (Å²) in [7, 11) is 1.82. The first-order valence-electron chi connectivity index (χ1n) is 3.82. The second-order valence-electron chi connectivity index (χ2n) is 2.76. The van der Waals surface area contributed by atoms with Crippen LogP contribution in [0.1, 0.15) is 12.8 Å². The summed E-state index contributed by atoms with van der Waals surface area (Å²) < 4.78 is 0. The fourth-order valence-corrected chi connectivity index (χ4v) is 1.00. The number of rotatable bonds is 3. The van der Waals surface area contributed by atoms with Gasteiger partial charge in [-0.25, -0.2) is 4.79 Å². The summed E-state index contributed by atoms with van der Waals surface area (Å²) in [6.07, 6.45) is 2.29. The van der Waals surface area contributed by atoms with Crippen LogP contribution in [0.15, 0.2) is 0 Å². The van der Waals surface area contributed by atoms with Gasteiger partial charge >= 0.3 is 6.03 Å². The van der Waals surface area contributed by atoms with E-state index in [1.807, 2.05) is 7.05 Å². The molecule has 0 atom stereocenters. The van der Waals surface area contributed by atoms with Gasteiger partial charge in [-0.3, -0.25) is 0 Å². The van der Waals surface area contributed by atoms with Crippen LogP contribution < -0.4 is 5.32 Å². The maximum absolute atomic E-state index is 11.1. The third-order valence-corrected chi connectivity index (χ3v) is 1.97. The number of amides is 2. The van der Waals surface area contributed by atoms with Crippen LogP contribution in [0.25, 0.3) is 0 Å². The van der Waals surface area contributed by atoms with Crippen molar-refractivity contribution in [3.63, 3.8) is 0 Å². The van der Waals surface area contributed by atoms with Gasteiger partial charge in [0, 0.05) is 25.5 Å². The number of nitrogens with one attached hydrogen (secondary N) is 1. The Kier molecular flexibility index (Phi) is 3.00. The fourth-order valence-electron chi connectivity index (χ4n) is 0.907. The Morgan fingerprint density at radius 1 is 1.73 bits per heavy atom. The molecule has 64 valence electrons. The van der Waals surface area contributed by atoms with Crippen molar-refractivity contribution in [2.75, 3.05) is 19.5 Å². The zero-order chi connectivity index (χ0) is 8.27. The number of urea groups is 1. The lowest BCUT2D eigenvalue weighted by molar-refractivity contribution is 0.207. The molecular weight excluding hydrogens is 164 g/mol. The number of halogens is 1. The monoisotopic (exact) mass is 176 g/mol. The second-order valence-corrected chi connectivity index (χ2v) is 3.14. The zero-order valence-corrected chi connectivity index (χ0v) is 7.40. The summed E-state index contributed by atoms with van der Waals surface area (Å²) in [4.78, 5) is 12.9. The molecule has 1 aliphatic carbocycles. The molecule has 0 aromatic heterocycles. The van der Waals surface area contributed by atoms with E-state index in [0.29, 0.717) is 18.5 Å².